The van der Waals surface area contributed by atoms with Crippen LogP contribution in [0.5, 0.6) is 0 Å². The van der Waals surface area contributed by atoms with Crippen LogP contribution in [-0.2, 0) is 4.79 Å². The van der Waals surface area contributed by atoms with Crippen LogP contribution < -0.4 is 5.32 Å². The van der Waals surface area contributed by atoms with Crippen LogP contribution in [-0.4, -0.2) is 5.91 Å². The van der Waals surface area contributed by atoms with Crippen molar-refractivity contribution >= 4 is 35.0 Å². The summed E-state index contributed by atoms with van der Waals surface area (Å²) in [7, 11) is 0. The van der Waals surface area contributed by atoms with Crippen molar-refractivity contribution in [3.05, 3.63) is 36.4 Å². The van der Waals surface area contributed by atoms with E-state index in [1.165, 1.54) is 6.92 Å². The van der Waals surface area contributed by atoms with Crippen LogP contribution in [0.4, 0.5) is 5.69 Å². The lowest BCUT2D eigenvalue weighted by Gasteiger charge is -2.04. The van der Waals surface area contributed by atoms with Crippen molar-refractivity contribution in [3.63, 3.8) is 0 Å². The Bertz CT molecular complexity index is 522. The highest BCUT2D eigenvalue weighted by atomic mass is 32.1. The standard InChI is InChI=1S/C12H11NOS/c1-8(14)13-11-4-2-9-3-5-12(15)7-10(9)6-11/h2-7,15H,1H3,(H,13,14). The molecule has 15 heavy (non-hydrogen) atoms. The molecular weight excluding hydrogens is 206 g/mol. The molecule has 0 unspecified atom stereocenters. The third kappa shape index (κ3) is 2.30. The first-order chi connectivity index (χ1) is 7.15. The molecule has 0 saturated heterocycles. The third-order valence-corrected chi connectivity index (χ3v) is 2.42. The molecule has 0 aliphatic heterocycles. The molecular formula is C12H11NOS. The maximum atomic E-state index is 10.9. The van der Waals surface area contributed by atoms with Gasteiger partial charge in [0.15, 0.2) is 0 Å². The Morgan fingerprint density at radius 1 is 1.13 bits per heavy atom. The zero-order chi connectivity index (χ0) is 10.8. The van der Waals surface area contributed by atoms with Gasteiger partial charge in [0.25, 0.3) is 0 Å². The van der Waals surface area contributed by atoms with Gasteiger partial charge in [-0.1, -0.05) is 12.1 Å². The number of hydrogen-bond acceptors (Lipinski definition) is 2. The van der Waals surface area contributed by atoms with E-state index in [0.29, 0.717) is 0 Å². The van der Waals surface area contributed by atoms with E-state index in [1.54, 1.807) is 0 Å². The molecule has 1 N–H and O–H groups in total. The molecule has 1 amide bonds. The lowest BCUT2D eigenvalue weighted by atomic mass is 10.1. The second kappa shape index (κ2) is 3.95. The van der Waals surface area contributed by atoms with E-state index >= 15 is 0 Å². The summed E-state index contributed by atoms with van der Waals surface area (Å²) in [4.78, 5) is 11.8. The van der Waals surface area contributed by atoms with E-state index in [0.717, 1.165) is 21.4 Å². The maximum Gasteiger partial charge on any atom is 0.221 e. The Hall–Kier alpha value is -1.48. The number of amides is 1. The van der Waals surface area contributed by atoms with Crippen LogP contribution in [0.15, 0.2) is 41.3 Å². The van der Waals surface area contributed by atoms with Crippen molar-refractivity contribution in [2.45, 2.75) is 11.8 Å². The molecule has 0 aliphatic carbocycles. The SMILES string of the molecule is CC(=O)Nc1ccc2ccc(S)cc2c1. The summed E-state index contributed by atoms with van der Waals surface area (Å²) in [6, 6.07) is 11.7. The topological polar surface area (TPSA) is 29.1 Å². The fraction of sp³-hybridized carbons (Fsp3) is 0.0833. The van der Waals surface area contributed by atoms with Crippen LogP contribution >= 0.6 is 12.6 Å². The van der Waals surface area contributed by atoms with Crippen molar-refractivity contribution in [1.29, 1.82) is 0 Å². The van der Waals surface area contributed by atoms with Gasteiger partial charge < -0.3 is 5.32 Å². The molecule has 0 aromatic heterocycles. The first-order valence-corrected chi connectivity index (χ1v) is 5.10. The minimum atomic E-state index is -0.0589. The quantitative estimate of drug-likeness (QED) is 0.706. The van der Waals surface area contributed by atoms with Gasteiger partial charge in [-0.25, -0.2) is 0 Å². The number of benzene rings is 2. The molecule has 2 nitrogen and oxygen atoms in total. The second-order valence-electron chi connectivity index (χ2n) is 3.43. The normalized spacial score (nSPS) is 10.3. The predicted molar refractivity (Wildman–Crippen MR) is 65.5 cm³/mol. The summed E-state index contributed by atoms with van der Waals surface area (Å²) in [5.41, 5.74) is 0.814. The first kappa shape index (κ1) is 10.1. The molecule has 0 atom stereocenters. The van der Waals surface area contributed by atoms with Crippen LogP contribution in [0.1, 0.15) is 6.92 Å². The molecule has 0 fully saturated rings. The van der Waals surface area contributed by atoms with Gasteiger partial charge in [-0.2, -0.15) is 0 Å². The smallest absolute Gasteiger partial charge is 0.221 e. The summed E-state index contributed by atoms with van der Waals surface area (Å²) < 4.78 is 0. The van der Waals surface area contributed by atoms with Crippen LogP contribution in [0, 0.1) is 0 Å². The molecule has 3 heteroatoms. The number of fused-ring (bicyclic) bond motifs is 1. The van der Waals surface area contributed by atoms with E-state index in [2.05, 4.69) is 17.9 Å². The molecule has 0 saturated carbocycles. The summed E-state index contributed by atoms with van der Waals surface area (Å²) in [5.74, 6) is -0.0589. The summed E-state index contributed by atoms with van der Waals surface area (Å²) in [5, 5.41) is 4.97. The number of carbonyl (C=O) groups excluding carboxylic acids is 1. The molecule has 76 valence electrons. The van der Waals surface area contributed by atoms with E-state index < -0.39 is 0 Å². The highest BCUT2D eigenvalue weighted by molar-refractivity contribution is 7.80. The second-order valence-corrected chi connectivity index (χ2v) is 3.94. The maximum absolute atomic E-state index is 10.9. The lowest BCUT2D eigenvalue weighted by Crippen LogP contribution is -2.05. The number of thiol groups is 1. The highest BCUT2D eigenvalue weighted by Gasteiger charge is 1.98. The monoisotopic (exact) mass is 217 g/mol. The molecule has 0 heterocycles. The Kier molecular flexibility index (Phi) is 2.64. The molecule has 0 radical (unpaired) electrons. The zero-order valence-corrected chi connectivity index (χ0v) is 9.21. The van der Waals surface area contributed by atoms with Crippen molar-refractivity contribution in [3.8, 4) is 0 Å². The van der Waals surface area contributed by atoms with Crippen molar-refractivity contribution in [1.82, 2.24) is 0 Å². The highest BCUT2D eigenvalue weighted by Crippen LogP contribution is 2.21. The molecule has 0 spiro atoms. The Labute approximate surface area is 93.7 Å². The van der Waals surface area contributed by atoms with Gasteiger partial charge in [-0.05, 0) is 35.0 Å². The average Bonchev–Trinajstić information content (AvgIpc) is 2.16. The fourth-order valence-electron chi connectivity index (χ4n) is 1.52. The minimum absolute atomic E-state index is 0.0589. The van der Waals surface area contributed by atoms with E-state index in [-0.39, 0.29) is 5.91 Å². The predicted octanol–water partition coefficient (Wildman–Crippen LogP) is 3.09. The van der Waals surface area contributed by atoms with Crippen molar-refractivity contribution < 1.29 is 4.79 Å². The largest absolute Gasteiger partial charge is 0.326 e. The number of carbonyl (C=O) groups is 1. The first-order valence-electron chi connectivity index (χ1n) is 4.65. The minimum Gasteiger partial charge on any atom is -0.326 e. The molecule has 0 aliphatic rings. The van der Waals surface area contributed by atoms with E-state index in [9.17, 15) is 4.79 Å². The van der Waals surface area contributed by atoms with Crippen LogP contribution in [0.2, 0.25) is 0 Å². The van der Waals surface area contributed by atoms with Gasteiger partial charge in [0, 0.05) is 17.5 Å². The van der Waals surface area contributed by atoms with Gasteiger partial charge in [-0.15, -0.1) is 12.6 Å². The Morgan fingerprint density at radius 2 is 1.87 bits per heavy atom. The molecule has 2 rings (SSSR count). The zero-order valence-electron chi connectivity index (χ0n) is 8.32. The van der Waals surface area contributed by atoms with Gasteiger partial charge >= 0.3 is 0 Å². The summed E-state index contributed by atoms with van der Waals surface area (Å²) in [6.45, 7) is 1.50. The summed E-state index contributed by atoms with van der Waals surface area (Å²) >= 11 is 4.28. The molecule has 2 aromatic carbocycles. The van der Waals surface area contributed by atoms with Crippen LogP contribution in [0.3, 0.4) is 0 Å². The number of hydrogen-bond donors (Lipinski definition) is 2. The van der Waals surface area contributed by atoms with E-state index in [4.69, 9.17) is 0 Å². The number of anilines is 1. The van der Waals surface area contributed by atoms with Gasteiger partial charge in [0.05, 0.1) is 0 Å². The fourth-order valence-corrected chi connectivity index (χ4v) is 1.73. The number of rotatable bonds is 1. The van der Waals surface area contributed by atoms with Crippen molar-refractivity contribution in [2.24, 2.45) is 0 Å². The Morgan fingerprint density at radius 3 is 2.60 bits per heavy atom. The lowest BCUT2D eigenvalue weighted by molar-refractivity contribution is -0.114. The van der Waals surface area contributed by atoms with Gasteiger partial charge in [0.2, 0.25) is 5.91 Å². The Balaban J connectivity index is 2.49. The van der Waals surface area contributed by atoms with Gasteiger partial charge in [-0.3, -0.25) is 4.79 Å². The summed E-state index contributed by atoms with van der Waals surface area (Å²) in [6.07, 6.45) is 0. The third-order valence-electron chi connectivity index (χ3n) is 2.14. The number of nitrogens with one attached hydrogen (secondary N) is 1. The van der Waals surface area contributed by atoms with Crippen molar-refractivity contribution in [2.75, 3.05) is 5.32 Å². The van der Waals surface area contributed by atoms with Gasteiger partial charge in [0.1, 0.15) is 0 Å². The molecule has 0 bridgehead atoms. The molecule has 2 aromatic rings. The average molecular weight is 217 g/mol. The van der Waals surface area contributed by atoms with Crippen LogP contribution in [0.25, 0.3) is 10.8 Å². The van der Waals surface area contributed by atoms with E-state index in [1.807, 2.05) is 36.4 Å².